The lowest BCUT2D eigenvalue weighted by Crippen LogP contribution is -2.39. The van der Waals surface area contributed by atoms with Gasteiger partial charge in [-0.25, -0.2) is 0 Å². The van der Waals surface area contributed by atoms with Gasteiger partial charge >= 0.3 is 0 Å². The van der Waals surface area contributed by atoms with Gasteiger partial charge in [0.15, 0.2) is 12.3 Å². The Balaban J connectivity index is 1.55. The van der Waals surface area contributed by atoms with Crippen molar-refractivity contribution in [2.45, 2.75) is 19.5 Å². The highest BCUT2D eigenvalue weighted by molar-refractivity contribution is 5.94. The number of nitrogens with zero attached hydrogens (tertiary/aromatic N) is 4. The van der Waals surface area contributed by atoms with Crippen LogP contribution in [0, 0.1) is 0 Å². The highest BCUT2D eigenvalue weighted by Gasteiger charge is 2.30. The summed E-state index contributed by atoms with van der Waals surface area (Å²) >= 11 is 0. The van der Waals surface area contributed by atoms with Gasteiger partial charge in [0, 0.05) is 44.9 Å². The van der Waals surface area contributed by atoms with Gasteiger partial charge in [0.1, 0.15) is 5.75 Å². The van der Waals surface area contributed by atoms with Gasteiger partial charge < -0.3 is 14.5 Å². The molecule has 0 fully saturated rings. The zero-order valence-electron chi connectivity index (χ0n) is 17.8. The SMILES string of the molecule is CN(C)C(=O)c1nn(Cc2ccccc2)c2c1CN(C(=O)COc1ccccc1)CC2. The summed E-state index contributed by atoms with van der Waals surface area (Å²) in [4.78, 5) is 28.8. The van der Waals surface area contributed by atoms with Crippen molar-refractivity contribution in [2.75, 3.05) is 27.2 Å². The zero-order valence-corrected chi connectivity index (χ0v) is 17.8. The quantitative estimate of drug-likeness (QED) is 0.617. The van der Waals surface area contributed by atoms with Crippen LogP contribution in [0.2, 0.25) is 0 Å². The molecule has 7 heteroatoms. The minimum Gasteiger partial charge on any atom is -0.484 e. The van der Waals surface area contributed by atoms with Crippen molar-refractivity contribution in [3.8, 4) is 5.75 Å². The third-order valence-corrected chi connectivity index (χ3v) is 5.38. The molecule has 1 aliphatic rings. The largest absolute Gasteiger partial charge is 0.484 e. The molecule has 0 bridgehead atoms. The van der Waals surface area contributed by atoms with E-state index in [1.807, 2.05) is 65.3 Å². The lowest BCUT2D eigenvalue weighted by molar-refractivity contribution is -0.134. The third-order valence-electron chi connectivity index (χ3n) is 5.38. The minimum atomic E-state index is -0.155. The maximum Gasteiger partial charge on any atom is 0.274 e. The summed E-state index contributed by atoms with van der Waals surface area (Å²) in [5, 5.41) is 4.65. The summed E-state index contributed by atoms with van der Waals surface area (Å²) < 4.78 is 7.53. The molecule has 0 spiro atoms. The Bertz CT molecular complexity index is 1060. The number of amides is 2. The fraction of sp³-hybridized carbons (Fsp3) is 0.292. The summed E-state index contributed by atoms with van der Waals surface area (Å²) in [6.45, 7) is 1.49. The van der Waals surface area contributed by atoms with Crippen LogP contribution < -0.4 is 4.74 Å². The van der Waals surface area contributed by atoms with Crippen molar-refractivity contribution >= 4 is 11.8 Å². The van der Waals surface area contributed by atoms with Crippen molar-refractivity contribution in [3.63, 3.8) is 0 Å². The standard InChI is InChI=1S/C24H26N4O3/c1-26(2)24(30)23-20-16-27(22(29)17-31-19-11-7-4-8-12-19)14-13-21(20)28(25-23)15-18-9-5-3-6-10-18/h3-12H,13-17H2,1-2H3. The molecule has 1 aromatic heterocycles. The van der Waals surface area contributed by atoms with Crippen molar-refractivity contribution in [1.82, 2.24) is 19.6 Å². The predicted molar refractivity (Wildman–Crippen MR) is 117 cm³/mol. The predicted octanol–water partition coefficient (Wildman–Crippen LogP) is 2.60. The van der Waals surface area contributed by atoms with E-state index in [-0.39, 0.29) is 18.4 Å². The maximum atomic E-state index is 12.8. The molecule has 160 valence electrons. The Morgan fingerprint density at radius 1 is 1.03 bits per heavy atom. The molecular formula is C24H26N4O3. The average Bonchev–Trinajstić information content (AvgIpc) is 3.15. The molecule has 31 heavy (non-hydrogen) atoms. The number of benzene rings is 2. The summed E-state index contributed by atoms with van der Waals surface area (Å²) in [6, 6.07) is 19.3. The van der Waals surface area contributed by atoms with Crippen LogP contribution in [-0.2, 0) is 24.3 Å². The van der Waals surface area contributed by atoms with Crippen molar-refractivity contribution < 1.29 is 14.3 Å². The second-order valence-corrected chi connectivity index (χ2v) is 7.78. The van der Waals surface area contributed by atoms with Crippen LogP contribution in [0.5, 0.6) is 5.75 Å². The lowest BCUT2D eigenvalue weighted by atomic mass is 10.0. The molecule has 0 unspecified atom stereocenters. The Morgan fingerprint density at radius 3 is 2.39 bits per heavy atom. The highest BCUT2D eigenvalue weighted by Crippen LogP contribution is 2.25. The summed E-state index contributed by atoms with van der Waals surface area (Å²) in [5.74, 6) is 0.402. The Labute approximate surface area is 181 Å². The van der Waals surface area contributed by atoms with E-state index in [9.17, 15) is 9.59 Å². The number of para-hydroxylation sites is 1. The fourth-order valence-corrected chi connectivity index (χ4v) is 3.73. The topological polar surface area (TPSA) is 67.7 Å². The number of hydrogen-bond acceptors (Lipinski definition) is 4. The second-order valence-electron chi connectivity index (χ2n) is 7.78. The zero-order chi connectivity index (χ0) is 21.8. The first-order chi connectivity index (χ1) is 15.0. The van der Waals surface area contributed by atoms with Gasteiger partial charge in [-0.2, -0.15) is 5.10 Å². The van der Waals surface area contributed by atoms with Gasteiger partial charge in [-0.05, 0) is 17.7 Å². The number of hydrogen-bond donors (Lipinski definition) is 0. The molecule has 0 saturated carbocycles. The van der Waals surface area contributed by atoms with Gasteiger partial charge in [0.05, 0.1) is 6.54 Å². The molecule has 2 aromatic carbocycles. The monoisotopic (exact) mass is 418 g/mol. The molecule has 0 aliphatic carbocycles. The van der Waals surface area contributed by atoms with Gasteiger partial charge in [-0.3, -0.25) is 14.3 Å². The van der Waals surface area contributed by atoms with Gasteiger partial charge in [-0.1, -0.05) is 48.5 Å². The first-order valence-electron chi connectivity index (χ1n) is 10.3. The number of ether oxygens (including phenoxy) is 1. The Morgan fingerprint density at radius 2 is 1.71 bits per heavy atom. The van der Waals surface area contributed by atoms with Crippen molar-refractivity contribution in [3.05, 3.63) is 83.2 Å². The average molecular weight is 418 g/mol. The smallest absolute Gasteiger partial charge is 0.274 e. The number of carbonyl (C=O) groups is 2. The van der Waals surface area contributed by atoms with Crippen LogP contribution >= 0.6 is 0 Å². The molecule has 0 N–H and O–H groups in total. The molecule has 2 amide bonds. The molecular weight excluding hydrogens is 392 g/mol. The van der Waals surface area contributed by atoms with Crippen molar-refractivity contribution in [2.24, 2.45) is 0 Å². The number of rotatable bonds is 6. The highest BCUT2D eigenvalue weighted by atomic mass is 16.5. The van der Waals surface area contributed by atoms with Gasteiger partial charge in [0.2, 0.25) is 0 Å². The molecule has 0 saturated heterocycles. The van der Waals surface area contributed by atoms with E-state index >= 15 is 0 Å². The van der Waals surface area contributed by atoms with E-state index < -0.39 is 0 Å². The first kappa shape index (κ1) is 20.7. The van der Waals surface area contributed by atoms with Crippen molar-refractivity contribution in [1.29, 1.82) is 0 Å². The van der Waals surface area contributed by atoms with Crippen LogP contribution in [0.1, 0.15) is 27.3 Å². The lowest BCUT2D eigenvalue weighted by Gasteiger charge is -2.28. The number of carbonyl (C=O) groups excluding carboxylic acids is 2. The van der Waals surface area contributed by atoms with Gasteiger partial charge in [-0.15, -0.1) is 0 Å². The van der Waals surface area contributed by atoms with Gasteiger partial charge in [0.25, 0.3) is 11.8 Å². The number of aromatic nitrogens is 2. The minimum absolute atomic E-state index is 0.0333. The maximum absolute atomic E-state index is 12.8. The molecule has 4 rings (SSSR count). The Hall–Kier alpha value is -3.61. The van der Waals surface area contributed by atoms with E-state index in [4.69, 9.17) is 4.74 Å². The molecule has 0 radical (unpaired) electrons. The summed E-state index contributed by atoms with van der Waals surface area (Å²) in [6.07, 6.45) is 0.646. The first-order valence-corrected chi connectivity index (χ1v) is 10.3. The van der Waals surface area contributed by atoms with E-state index in [1.165, 1.54) is 4.90 Å². The van der Waals surface area contributed by atoms with Crippen LogP contribution in [0.25, 0.3) is 0 Å². The molecule has 1 aliphatic heterocycles. The van der Waals surface area contributed by atoms with Crippen LogP contribution in [0.4, 0.5) is 0 Å². The number of fused-ring (bicyclic) bond motifs is 1. The summed E-state index contributed by atoms with van der Waals surface area (Å²) in [7, 11) is 3.43. The summed E-state index contributed by atoms with van der Waals surface area (Å²) in [5.41, 5.74) is 3.37. The van der Waals surface area contributed by atoms with Crippen LogP contribution in [0.3, 0.4) is 0 Å². The third kappa shape index (κ3) is 4.60. The molecule has 3 aromatic rings. The fourth-order valence-electron chi connectivity index (χ4n) is 3.73. The molecule has 7 nitrogen and oxygen atoms in total. The normalized spacial score (nSPS) is 12.9. The molecule has 2 heterocycles. The second kappa shape index (κ2) is 9.04. The molecule has 0 atom stereocenters. The van der Waals surface area contributed by atoms with Crippen LogP contribution in [0.15, 0.2) is 60.7 Å². The van der Waals surface area contributed by atoms with E-state index in [2.05, 4.69) is 5.10 Å². The van der Waals surface area contributed by atoms with E-state index in [1.54, 1.807) is 19.0 Å². The van der Waals surface area contributed by atoms with E-state index in [0.29, 0.717) is 37.5 Å². The Kier molecular flexibility index (Phi) is 6.02. The van der Waals surface area contributed by atoms with Crippen LogP contribution in [-0.4, -0.2) is 58.6 Å². The van der Waals surface area contributed by atoms with E-state index in [0.717, 1.165) is 16.8 Å².